The Morgan fingerprint density at radius 2 is 1.86 bits per heavy atom. The number of para-hydroxylation sites is 3. The van der Waals surface area contributed by atoms with E-state index in [4.69, 9.17) is 4.42 Å². The van der Waals surface area contributed by atoms with E-state index in [0.29, 0.717) is 24.1 Å². The molecule has 0 bridgehead atoms. The largest absolute Gasteiger partial charge is 0.419 e. The highest BCUT2D eigenvalue weighted by atomic mass is 32.2. The van der Waals surface area contributed by atoms with Crippen molar-refractivity contribution < 1.29 is 14.0 Å². The summed E-state index contributed by atoms with van der Waals surface area (Å²) < 4.78 is 6.71. The molecule has 0 aliphatic rings. The van der Waals surface area contributed by atoms with E-state index in [1.54, 1.807) is 30.9 Å². The maximum absolute atomic E-state index is 12.4. The molecule has 152 valence electrons. The number of fused-ring (bicyclic) bond motifs is 1. The Hall–Kier alpha value is -3.00. The minimum absolute atomic E-state index is 0.0316. The number of rotatable bonds is 8. The molecule has 29 heavy (non-hydrogen) atoms. The molecule has 3 aromatic rings. The van der Waals surface area contributed by atoms with Crippen molar-refractivity contribution >= 4 is 40.4 Å². The van der Waals surface area contributed by atoms with Gasteiger partial charge < -0.3 is 14.6 Å². The zero-order valence-corrected chi connectivity index (χ0v) is 17.2. The minimum Gasteiger partial charge on any atom is -0.408 e. The molecule has 1 N–H and O–H groups in total. The second-order valence-electron chi connectivity index (χ2n) is 6.59. The summed E-state index contributed by atoms with van der Waals surface area (Å²) in [7, 11) is 1.60. The molecule has 0 atom stereocenters. The highest BCUT2D eigenvalue weighted by Gasteiger charge is 2.15. The van der Waals surface area contributed by atoms with Crippen LogP contribution in [0.1, 0.15) is 12.8 Å². The summed E-state index contributed by atoms with van der Waals surface area (Å²) in [6.07, 6.45) is 2.65. The first-order valence-electron chi connectivity index (χ1n) is 9.25. The predicted octanol–water partition coefficient (Wildman–Crippen LogP) is 3.19. The molecule has 0 aliphatic heterocycles. The van der Waals surface area contributed by atoms with Crippen LogP contribution >= 0.6 is 11.8 Å². The lowest BCUT2D eigenvalue weighted by atomic mass is 10.2. The third-order valence-corrected chi connectivity index (χ3v) is 5.33. The quantitative estimate of drug-likeness (QED) is 0.574. The van der Waals surface area contributed by atoms with Crippen molar-refractivity contribution in [2.24, 2.45) is 0 Å². The summed E-state index contributed by atoms with van der Waals surface area (Å²) in [6, 6.07) is 14.7. The van der Waals surface area contributed by atoms with E-state index in [1.165, 1.54) is 9.47 Å². The van der Waals surface area contributed by atoms with Crippen molar-refractivity contribution in [3.8, 4) is 0 Å². The Morgan fingerprint density at radius 3 is 2.66 bits per heavy atom. The van der Waals surface area contributed by atoms with Crippen LogP contribution in [0.4, 0.5) is 5.69 Å². The monoisotopic (exact) mass is 413 g/mol. The molecule has 0 unspecified atom stereocenters. The van der Waals surface area contributed by atoms with E-state index in [2.05, 4.69) is 5.32 Å². The summed E-state index contributed by atoms with van der Waals surface area (Å²) in [4.78, 5) is 39.0. The molecule has 1 aromatic heterocycles. The first kappa shape index (κ1) is 20.7. The van der Waals surface area contributed by atoms with Gasteiger partial charge in [-0.05, 0) is 36.9 Å². The number of nitrogens with zero attached hydrogens (tertiary/aromatic N) is 2. The van der Waals surface area contributed by atoms with Crippen molar-refractivity contribution in [1.82, 2.24) is 9.47 Å². The fraction of sp³-hybridized carbons (Fsp3) is 0.286. The Morgan fingerprint density at radius 1 is 1.14 bits per heavy atom. The Labute approximate surface area is 172 Å². The predicted molar refractivity (Wildman–Crippen MR) is 114 cm³/mol. The number of oxazole rings is 1. The zero-order valence-electron chi connectivity index (χ0n) is 16.4. The number of hydrogen-bond donors (Lipinski definition) is 1. The van der Waals surface area contributed by atoms with Crippen molar-refractivity contribution in [2.75, 3.05) is 25.2 Å². The second kappa shape index (κ2) is 9.47. The number of hydrogen-bond acceptors (Lipinski definition) is 5. The van der Waals surface area contributed by atoms with Crippen LogP contribution in [0.5, 0.6) is 0 Å². The average molecular weight is 413 g/mol. The van der Waals surface area contributed by atoms with E-state index >= 15 is 0 Å². The summed E-state index contributed by atoms with van der Waals surface area (Å²) >= 11 is 1.54. The van der Waals surface area contributed by atoms with Crippen molar-refractivity contribution in [1.29, 1.82) is 0 Å². The summed E-state index contributed by atoms with van der Waals surface area (Å²) in [5.74, 6) is -0.836. The van der Waals surface area contributed by atoms with Crippen LogP contribution in [0.3, 0.4) is 0 Å². The lowest BCUT2D eigenvalue weighted by Crippen LogP contribution is -2.35. The molecule has 1 heterocycles. The van der Waals surface area contributed by atoms with Crippen LogP contribution in [0.25, 0.3) is 11.1 Å². The number of aryl methyl sites for hydroxylation is 1. The van der Waals surface area contributed by atoms with Gasteiger partial charge in [0.2, 0.25) is 11.8 Å². The normalized spacial score (nSPS) is 10.8. The number of thioether (sulfide) groups is 1. The molecule has 0 spiro atoms. The fourth-order valence-electron chi connectivity index (χ4n) is 3.05. The molecular formula is C21H23N3O4S. The number of aromatic nitrogens is 1. The van der Waals surface area contributed by atoms with Gasteiger partial charge >= 0.3 is 5.76 Å². The molecule has 0 fully saturated rings. The topological polar surface area (TPSA) is 84.5 Å². The van der Waals surface area contributed by atoms with E-state index < -0.39 is 5.76 Å². The maximum atomic E-state index is 12.4. The van der Waals surface area contributed by atoms with E-state index in [1.807, 2.05) is 42.7 Å². The number of carbonyl (C=O) groups excluding carboxylic acids is 2. The van der Waals surface area contributed by atoms with Gasteiger partial charge in [-0.2, -0.15) is 0 Å². The highest BCUT2D eigenvalue weighted by Crippen LogP contribution is 2.24. The second-order valence-corrected chi connectivity index (χ2v) is 7.44. The molecule has 2 amide bonds. The lowest BCUT2D eigenvalue weighted by Gasteiger charge is -2.17. The third-order valence-electron chi connectivity index (χ3n) is 4.53. The van der Waals surface area contributed by atoms with Crippen molar-refractivity contribution in [2.45, 2.75) is 24.3 Å². The van der Waals surface area contributed by atoms with Crippen molar-refractivity contribution in [3.63, 3.8) is 0 Å². The SMILES string of the molecule is CSc1ccccc1NC(=O)CN(C)C(=O)CCCn1c(=O)oc2ccccc21. The summed E-state index contributed by atoms with van der Waals surface area (Å²) in [5, 5.41) is 2.84. The van der Waals surface area contributed by atoms with Gasteiger partial charge in [-0.15, -0.1) is 11.8 Å². The van der Waals surface area contributed by atoms with Crippen LogP contribution in [-0.4, -0.2) is 41.1 Å². The van der Waals surface area contributed by atoms with Crippen LogP contribution in [0.15, 0.2) is 62.6 Å². The number of anilines is 1. The molecule has 8 heteroatoms. The Balaban J connectivity index is 1.51. The third kappa shape index (κ3) is 5.08. The van der Waals surface area contributed by atoms with Crippen molar-refractivity contribution in [3.05, 3.63) is 59.1 Å². The standard InChI is InChI=1S/C21H23N3O4S/c1-23(14-19(25)22-15-8-3-6-11-18(15)29-2)20(26)12-7-13-24-16-9-4-5-10-17(16)28-21(24)27/h3-6,8-11H,7,12-14H2,1-2H3,(H,22,25). The van der Waals surface area contributed by atoms with E-state index in [-0.39, 0.29) is 24.8 Å². The summed E-state index contributed by atoms with van der Waals surface area (Å²) in [5.41, 5.74) is 1.98. The van der Waals surface area contributed by atoms with Crippen LogP contribution in [0.2, 0.25) is 0 Å². The number of nitrogens with one attached hydrogen (secondary N) is 1. The number of benzene rings is 2. The van der Waals surface area contributed by atoms with Crippen LogP contribution < -0.4 is 11.1 Å². The molecule has 0 aliphatic carbocycles. The smallest absolute Gasteiger partial charge is 0.408 e. The van der Waals surface area contributed by atoms with Gasteiger partial charge in [0.1, 0.15) is 0 Å². The van der Waals surface area contributed by atoms with E-state index in [0.717, 1.165) is 10.6 Å². The Kier molecular flexibility index (Phi) is 6.77. The van der Waals surface area contributed by atoms with Gasteiger partial charge in [0, 0.05) is 24.9 Å². The van der Waals surface area contributed by atoms with Crippen LogP contribution in [-0.2, 0) is 16.1 Å². The maximum Gasteiger partial charge on any atom is 0.419 e. The molecule has 3 rings (SSSR count). The van der Waals surface area contributed by atoms with Crippen LogP contribution in [0, 0.1) is 0 Å². The molecule has 2 aromatic carbocycles. The average Bonchev–Trinajstić information content (AvgIpc) is 3.03. The van der Waals surface area contributed by atoms with Gasteiger partial charge in [0.05, 0.1) is 17.7 Å². The first-order valence-corrected chi connectivity index (χ1v) is 10.5. The Bertz CT molecular complexity index is 1070. The highest BCUT2D eigenvalue weighted by molar-refractivity contribution is 7.98. The van der Waals surface area contributed by atoms with E-state index in [9.17, 15) is 14.4 Å². The number of amides is 2. The minimum atomic E-state index is -0.432. The van der Waals surface area contributed by atoms with Gasteiger partial charge in [0.15, 0.2) is 5.58 Å². The number of likely N-dealkylation sites (N-methyl/N-ethyl adjacent to an activating group) is 1. The lowest BCUT2D eigenvalue weighted by molar-refractivity contribution is -0.133. The molecule has 0 radical (unpaired) electrons. The summed E-state index contributed by atoms with van der Waals surface area (Å²) in [6.45, 7) is 0.346. The number of carbonyl (C=O) groups is 2. The van der Waals surface area contributed by atoms with Gasteiger partial charge in [-0.1, -0.05) is 24.3 Å². The molecule has 7 nitrogen and oxygen atoms in total. The first-order chi connectivity index (χ1) is 14.0. The fourth-order valence-corrected chi connectivity index (χ4v) is 3.60. The molecular weight excluding hydrogens is 390 g/mol. The molecule has 0 saturated carbocycles. The zero-order chi connectivity index (χ0) is 20.8. The van der Waals surface area contributed by atoms with Gasteiger partial charge in [0.25, 0.3) is 0 Å². The molecule has 0 saturated heterocycles. The van der Waals surface area contributed by atoms with Gasteiger partial charge in [-0.25, -0.2) is 4.79 Å². The van der Waals surface area contributed by atoms with Gasteiger partial charge in [-0.3, -0.25) is 14.2 Å².